The van der Waals surface area contributed by atoms with Crippen molar-refractivity contribution in [3.8, 4) is 5.75 Å². The van der Waals surface area contributed by atoms with E-state index in [4.69, 9.17) is 21.1 Å². The number of nitrogens with zero attached hydrogens (tertiary/aromatic N) is 2. The maximum atomic E-state index is 15.6. The Balaban J connectivity index is 1.25. The van der Waals surface area contributed by atoms with Crippen LogP contribution in [0.25, 0.3) is 0 Å². The lowest BCUT2D eigenvalue weighted by Crippen LogP contribution is -2.48. The van der Waals surface area contributed by atoms with Crippen molar-refractivity contribution in [2.75, 3.05) is 55.8 Å². The van der Waals surface area contributed by atoms with Crippen LogP contribution in [0, 0.1) is 29.5 Å². The zero-order chi connectivity index (χ0) is 36.8. The van der Waals surface area contributed by atoms with Crippen molar-refractivity contribution in [1.29, 1.82) is 0 Å². The van der Waals surface area contributed by atoms with Gasteiger partial charge in [0.05, 0.1) is 46.8 Å². The Bertz CT molecular complexity index is 1930. The minimum absolute atomic E-state index is 0.0220. The minimum Gasteiger partial charge on any atom is -0.491 e. The Morgan fingerprint density at radius 3 is 2.56 bits per heavy atom. The van der Waals surface area contributed by atoms with Gasteiger partial charge in [0, 0.05) is 38.3 Å². The van der Waals surface area contributed by atoms with Crippen molar-refractivity contribution in [3.63, 3.8) is 0 Å². The molecule has 0 unspecified atom stereocenters. The second-order valence-corrected chi connectivity index (χ2v) is 20.1. The van der Waals surface area contributed by atoms with Gasteiger partial charge in [-0.1, -0.05) is 30.7 Å². The van der Waals surface area contributed by atoms with Gasteiger partial charge in [0.2, 0.25) is 10.0 Å². The van der Waals surface area contributed by atoms with E-state index in [1.165, 1.54) is 5.57 Å². The molecular formula is C38H49ClFN3O7S2. The third-order valence-electron chi connectivity index (χ3n) is 12.2. The third kappa shape index (κ3) is 7.90. The highest BCUT2D eigenvalue weighted by Gasteiger charge is 2.45. The second kappa shape index (κ2) is 15.2. The van der Waals surface area contributed by atoms with Crippen molar-refractivity contribution < 1.29 is 35.5 Å². The largest absolute Gasteiger partial charge is 0.491 e. The predicted molar refractivity (Wildman–Crippen MR) is 200 cm³/mol. The van der Waals surface area contributed by atoms with Gasteiger partial charge >= 0.3 is 0 Å². The standard InChI is InChI=1S/C38H49ClFN3O7S2/c1-24-25(2)52(47,48)41-38(44)26-8-11-35-34(21-26)43(22-27-7-10-33(39)36(40)31(27)5-3-4-15-49-35)23-28-6-9-32(28)37(30-19-29(24)20-30)50-16-12-42-13-17-51(45,46)18-14-42/h7-8,10-11,19,21,24-25,28-29,32,37H,3-6,9,12-18,20,22-23H2,1-2H3,(H,41,44)/t24-,25-,28+,29+,32-,37+/m1/s1. The van der Waals surface area contributed by atoms with Gasteiger partial charge in [0.25, 0.3) is 5.91 Å². The second-order valence-electron chi connectivity index (χ2n) is 15.3. The lowest BCUT2D eigenvalue weighted by atomic mass is 9.64. The van der Waals surface area contributed by atoms with Crippen molar-refractivity contribution in [2.45, 2.75) is 70.3 Å². The molecule has 1 amide bonds. The Labute approximate surface area is 312 Å². The molecule has 2 fully saturated rings. The Morgan fingerprint density at radius 1 is 1.06 bits per heavy atom. The van der Waals surface area contributed by atoms with E-state index in [0.717, 1.165) is 18.4 Å². The van der Waals surface area contributed by atoms with Crippen LogP contribution in [0.3, 0.4) is 0 Å². The van der Waals surface area contributed by atoms with Gasteiger partial charge in [0.15, 0.2) is 9.84 Å². The number of carbonyl (C=O) groups is 1. The molecule has 2 aromatic rings. The molecule has 2 aliphatic carbocycles. The molecule has 4 aliphatic heterocycles. The van der Waals surface area contributed by atoms with E-state index in [2.05, 4.69) is 20.6 Å². The molecule has 0 radical (unpaired) electrons. The summed E-state index contributed by atoms with van der Waals surface area (Å²) in [4.78, 5) is 17.9. The van der Waals surface area contributed by atoms with Crippen LogP contribution in [0.1, 0.15) is 67.4 Å². The molecule has 284 valence electrons. The third-order valence-corrected chi connectivity index (χ3v) is 15.9. The number of halogens is 2. The molecular weight excluding hydrogens is 729 g/mol. The summed E-state index contributed by atoms with van der Waals surface area (Å²) >= 11 is 6.27. The Kier molecular flexibility index (Phi) is 11.0. The molecule has 1 saturated heterocycles. The fraction of sp³-hybridized carbons (Fsp3) is 0.605. The number of hydrogen-bond donors (Lipinski definition) is 1. The molecule has 52 heavy (non-hydrogen) atoms. The molecule has 1 N–H and O–H groups in total. The lowest BCUT2D eigenvalue weighted by Gasteiger charge is -2.48. The summed E-state index contributed by atoms with van der Waals surface area (Å²) in [7, 11) is -7.00. The van der Waals surface area contributed by atoms with E-state index in [1.54, 1.807) is 31.2 Å². The van der Waals surface area contributed by atoms with Crippen LogP contribution in [-0.4, -0.2) is 89.9 Å². The predicted octanol–water partition coefficient (Wildman–Crippen LogP) is 5.39. The van der Waals surface area contributed by atoms with Crippen LogP contribution in [0.5, 0.6) is 5.75 Å². The number of sulfonamides is 1. The van der Waals surface area contributed by atoms with E-state index in [9.17, 15) is 21.6 Å². The summed E-state index contributed by atoms with van der Waals surface area (Å²) in [6, 6.07) is 8.49. The van der Waals surface area contributed by atoms with E-state index < -0.39 is 36.8 Å². The lowest BCUT2D eigenvalue weighted by molar-refractivity contribution is -0.0321. The first-order valence-corrected chi connectivity index (χ1v) is 22.3. The molecule has 4 heterocycles. The highest BCUT2D eigenvalue weighted by Crippen LogP contribution is 2.48. The summed E-state index contributed by atoms with van der Waals surface area (Å²) < 4.78 is 82.1. The summed E-state index contributed by atoms with van der Waals surface area (Å²) in [5.74, 6) is -0.0214. The average Bonchev–Trinajstić information content (AvgIpc) is 3.10. The van der Waals surface area contributed by atoms with Crippen molar-refractivity contribution in [2.24, 2.45) is 23.7 Å². The summed E-state index contributed by atoms with van der Waals surface area (Å²) in [5.41, 5.74) is 3.39. The smallest absolute Gasteiger partial charge is 0.264 e. The van der Waals surface area contributed by atoms with Crippen molar-refractivity contribution in [1.82, 2.24) is 9.62 Å². The molecule has 0 spiro atoms. The minimum atomic E-state index is -4.02. The number of ether oxygens (including phenoxy) is 2. The zero-order valence-corrected chi connectivity index (χ0v) is 32.2. The monoisotopic (exact) mass is 777 g/mol. The van der Waals surface area contributed by atoms with Crippen LogP contribution in [0.4, 0.5) is 10.1 Å². The average molecular weight is 778 g/mol. The van der Waals surface area contributed by atoms with Gasteiger partial charge in [-0.2, -0.15) is 0 Å². The van der Waals surface area contributed by atoms with Crippen LogP contribution < -0.4 is 14.4 Å². The number of allylic oxidation sites excluding steroid dienone is 1. The van der Waals surface area contributed by atoms with E-state index in [-0.39, 0.29) is 51.9 Å². The first-order valence-electron chi connectivity index (χ1n) is 18.6. The van der Waals surface area contributed by atoms with Crippen molar-refractivity contribution >= 4 is 43.1 Å². The zero-order valence-electron chi connectivity index (χ0n) is 29.9. The molecule has 6 aliphatic rings. The van der Waals surface area contributed by atoms with Gasteiger partial charge in [-0.05, 0) is 110 Å². The quantitative estimate of drug-likeness (QED) is 0.408. The summed E-state index contributed by atoms with van der Waals surface area (Å²) in [6.07, 6.45) is 6.55. The first-order chi connectivity index (χ1) is 24.8. The fourth-order valence-electron chi connectivity index (χ4n) is 8.38. The van der Waals surface area contributed by atoms with Crippen molar-refractivity contribution in [3.05, 3.63) is 69.5 Å². The molecule has 1 saturated carbocycles. The fourth-order valence-corrected chi connectivity index (χ4v) is 11.2. The van der Waals surface area contributed by atoms with Gasteiger partial charge in [-0.25, -0.2) is 25.9 Å². The number of fused-ring (bicyclic) bond motifs is 5. The van der Waals surface area contributed by atoms with Gasteiger partial charge < -0.3 is 14.4 Å². The number of rotatable bonds is 4. The molecule has 4 bridgehead atoms. The molecule has 6 atom stereocenters. The van der Waals surface area contributed by atoms with E-state index >= 15 is 4.39 Å². The topological polar surface area (TPSA) is 122 Å². The molecule has 14 heteroatoms. The molecule has 2 aromatic carbocycles. The number of nitrogens with one attached hydrogen (secondary N) is 1. The number of benzene rings is 2. The number of sulfone groups is 1. The van der Waals surface area contributed by atoms with Gasteiger partial charge in [0.1, 0.15) is 11.6 Å². The van der Waals surface area contributed by atoms with Gasteiger partial charge in [-0.15, -0.1) is 0 Å². The van der Waals surface area contributed by atoms with Crippen LogP contribution in [0.2, 0.25) is 5.02 Å². The first kappa shape index (κ1) is 37.6. The number of amides is 1. The SMILES string of the molecule is C[C@@H]1[C@@H](C)S(=O)(=O)NC(=O)c2ccc3c(c2)N(Cc2ccc(Cl)c(F)c2CCCCO3)C[C@@H]2CC[C@H]2[C@@H](OCCN2CCS(=O)(=O)CC2)C2=C[C@H]1C2. The summed E-state index contributed by atoms with van der Waals surface area (Å²) in [6.45, 7) is 6.99. The Hall–Kier alpha value is -2.71. The number of anilines is 1. The summed E-state index contributed by atoms with van der Waals surface area (Å²) in [5, 5.41) is -0.740. The number of hydrogen-bond acceptors (Lipinski definition) is 9. The Morgan fingerprint density at radius 2 is 1.83 bits per heavy atom. The highest BCUT2D eigenvalue weighted by atomic mass is 35.5. The van der Waals surface area contributed by atoms with E-state index in [0.29, 0.717) is 88.6 Å². The molecule has 0 aromatic heterocycles. The molecule has 8 rings (SSSR count). The van der Waals surface area contributed by atoms with Crippen LogP contribution >= 0.6 is 11.6 Å². The molecule has 10 nitrogen and oxygen atoms in total. The highest BCUT2D eigenvalue weighted by molar-refractivity contribution is 7.91. The maximum absolute atomic E-state index is 15.6. The normalized spacial score (nSPS) is 30.5. The number of carbonyl (C=O) groups excluding carboxylic acids is 1. The van der Waals surface area contributed by atoms with E-state index in [1.807, 2.05) is 13.0 Å². The van der Waals surface area contributed by atoms with Crippen LogP contribution in [-0.2, 0) is 37.6 Å². The maximum Gasteiger partial charge on any atom is 0.264 e. The van der Waals surface area contributed by atoms with Crippen LogP contribution in [0.15, 0.2) is 42.0 Å². The van der Waals surface area contributed by atoms with Gasteiger partial charge in [-0.3, -0.25) is 9.69 Å².